The summed E-state index contributed by atoms with van der Waals surface area (Å²) in [4.78, 5) is 10.8. The average molecular weight is 280 g/mol. The van der Waals surface area contributed by atoms with E-state index in [1.807, 2.05) is 0 Å². The second kappa shape index (κ2) is 6.93. The number of aromatic carboxylic acids is 1. The Bertz CT molecular complexity index is 429. The Hall–Kier alpha value is -1.29. The summed E-state index contributed by atoms with van der Waals surface area (Å²) in [7, 11) is 0. The monoisotopic (exact) mass is 280 g/mol. The lowest BCUT2D eigenvalue weighted by molar-refractivity contribution is 0.0499. The Morgan fingerprint density at radius 3 is 2.60 bits per heavy atom. The number of carboxylic acids is 1. The first-order valence-electron chi connectivity index (χ1n) is 7.63. The van der Waals surface area contributed by atoms with E-state index < -0.39 is 12.1 Å². The highest BCUT2D eigenvalue weighted by Crippen LogP contribution is 2.38. The molecule has 1 aromatic rings. The van der Waals surface area contributed by atoms with Crippen molar-refractivity contribution in [1.82, 2.24) is 0 Å². The minimum absolute atomic E-state index is 0.101. The molecule has 1 aliphatic rings. The molecule has 1 saturated carbocycles. The van der Waals surface area contributed by atoms with E-state index >= 15 is 0 Å². The molecule has 1 aromatic heterocycles. The molecular formula is C16H24O4. The van der Waals surface area contributed by atoms with Crippen molar-refractivity contribution in [3.8, 4) is 0 Å². The minimum atomic E-state index is -1.09. The van der Waals surface area contributed by atoms with Gasteiger partial charge in [0.15, 0.2) is 0 Å². The van der Waals surface area contributed by atoms with Crippen molar-refractivity contribution in [1.29, 1.82) is 0 Å². The molecule has 1 heterocycles. The highest BCUT2D eigenvalue weighted by Gasteiger charge is 2.29. The number of unbranched alkanes of at least 4 members (excludes halogenated alkanes) is 1. The van der Waals surface area contributed by atoms with Crippen molar-refractivity contribution in [2.45, 2.75) is 58.0 Å². The SMILES string of the molecule is CCCCC1CCC(C(O)c2ccc(C(=O)O)o2)CC1. The number of hydrogen-bond acceptors (Lipinski definition) is 3. The topological polar surface area (TPSA) is 70.7 Å². The standard InChI is InChI=1S/C16H24O4/c1-2-3-4-11-5-7-12(8-6-11)15(17)13-9-10-14(20-13)16(18)19/h9-12,15,17H,2-8H2,1H3,(H,18,19). The lowest BCUT2D eigenvalue weighted by Gasteiger charge is -2.30. The van der Waals surface area contributed by atoms with E-state index in [0.717, 1.165) is 31.6 Å². The Kier molecular flexibility index (Phi) is 5.24. The van der Waals surface area contributed by atoms with Gasteiger partial charge in [0.05, 0.1) is 0 Å². The van der Waals surface area contributed by atoms with Gasteiger partial charge in [-0.3, -0.25) is 0 Å². The molecule has 0 aliphatic heterocycles. The third-order valence-corrected chi connectivity index (χ3v) is 4.43. The van der Waals surface area contributed by atoms with Crippen LogP contribution in [0, 0.1) is 11.8 Å². The van der Waals surface area contributed by atoms with Crippen LogP contribution in [0.3, 0.4) is 0 Å². The zero-order valence-electron chi connectivity index (χ0n) is 12.0. The van der Waals surface area contributed by atoms with Gasteiger partial charge >= 0.3 is 5.97 Å². The van der Waals surface area contributed by atoms with Gasteiger partial charge in [-0.15, -0.1) is 0 Å². The predicted molar refractivity (Wildman–Crippen MR) is 75.6 cm³/mol. The Labute approximate surface area is 119 Å². The molecule has 0 spiro atoms. The quantitative estimate of drug-likeness (QED) is 0.826. The first kappa shape index (κ1) is 15.1. The Morgan fingerprint density at radius 2 is 2.05 bits per heavy atom. The average Bonchev–Trinajstić information content (AvgIpc) is 2.95. The second-order valence-corrected chi connectivity index (χ2v) is 5.88. The highest BCUT2D eigenvalue weighted by atomic mass is 16.4. The van der Waals surface area contributed by atoms with Gasteiger partial charge in [0.1, 0.15) is 11.9 Å². The Morgan fingerprint density at radius 1 is 1.35 bits per heavy atom. The summed E-state index contributed by atoms with van der Waals surface area (Å²) < 4.78 is 5.20. The van der Waals surface area contributed by atoms with Crippen LogP contribution in [-0.4, -0.2) is 16.2 Å². The van der Waals surface area contributed by atoms with E-state index in [1.165, 1.54) is 25.3 Å². The summed E-state index contributed by atoms with van der Waals surface area (Å²) in [6, 6.07) is 2.99. The molecule has 4 nitrogen and oxygen atoms in total. The molecule has 20 heavy (non-hydrogen) atoms. The van der Waals surface area contributed by atoms with Gasteiger partial charge in [0.25, 0.3) is 0 Å². The largest absolute Gasteiger partial charge is 0.475 e. The lowest BCUT2D eigenvalue weighted by Crippen LogP contribution is -2.20. The van der Waals surface area contributed by atoms with Crippen molar-refractivity contribution < 1.29 is 19.4 Å². The summed E-state index contributed by atoms with van der Waals surface area (Å²) in [5, 5.41) is 19.1. The number of carboxylic acid groups (broad SMARTS) is 1. The summed E-state index contributed by atoms with van der Waals surface area (Å²) in [5.74, 6) is 0.187. The fourth-order valence-corrected chi connectivity index (χ4v) is 3.14. The van der Waals surface area contributed by atoms with E-state index in [-0.39, 0.29) is 11.7 Å². The van der Waals surface area contributed by atoms with Gasteiger partial charge in [-0.05, 0) is 36.8 Å². The zero-order chi connectivity index (χ0) is 14.5. The van der Waals surface area contributed by atoms with Crippen LogP contribution in [0.1, 0.15) is 74.3 Å². The number of hydrogen-bond donors (Lipinski definition) is 2. The van der Waals surface area contributed by atoms with Crippen LogP contribution < -0.4 is 0 Å². The molecule has 112 valence electrons. The summed E-state index contributed by atoms with van der Waals surface area (Å²) in [6.07, 6.45) is 7.48. The van der Waals surface area contributed by atoms with Gasteiger partial charge in [0.2, 0.25) is 5.76 Å². The van der Waals surface area contributed by atoms with Crippen LogP contribution in [-0.2, 0) is 0 Å². The molecule has 2 rings (SSSR count). The van der Waals surface area contributed by atoms with E-state index in [0.29, 0.717) is 5.76 Å². The molecular weight excluding hydrogens is 256 g/mol. The van der Waals surface area contributed by atoms with E-state index in [1.54, 1.807) is 6.07 Å². The smallest absolute Gasteiger partial charge is 0.371 e. The molecule has 0 aromatic carbocycles. The number of carbonyl (C=O) groups is 1. The van der Waals surface area contributed by atoms with Gasteiger partial charge < -0.3 is 14.6 Å². The molecule has 2 N–H and O–H groups in total. The van der Waals surface area contributed by atoms with E-state index in [4.69, 9.17) is 9.52 Å². The molecule has 0 amide bonds. The maximum absolute atomic E-state index is 10.8. The fraction of sp³-hybridized carbons (Fsp3) is 0.688. The summed E-state index contributed by atoms with van der Waals surface area (Å²) >= 11 is 0. The van der Waals surface area contributed by atoms with Crippen molar-refractivity contribution in [3.05, 3.63) is 23.7 Å². The van der Waals surface area contributed by atoms with Crippen LogP contribution >= 0.6 is 0 Å². The van der Waals surface area contributed by atoms with Gasteiger partial charge in [0, 0.05) is 0 Å². The van der Waals surface area contributed by atoms with Crippen LogP contribution in [0.2, 0.25) is 0 Å². The minimum Gasteiger partial charge on any atom is -0.475 e. The third-order valence-electron chi connectivity index (χ3n) is 4.43. The molecule has 1 aliphatic carbocycles. The number of aliphatic hydroxyl groups excluding tert-OH is 1. The normalized spacial score (nSPS) is 24.5. The number of rotatable bonds is 6. The molecule has 0 bridgehead atoms. The Balaban J connectivity index is 1.87. The van der Waals surface area contributed by atoms with Crippen LogP contribution in [0.5, 0.6) is 0 Å². The van der Waals surface area contributed by atoms with Crippen LogP contribution in [0.15, 0.2) is 16.5 Å². The van der Waals surface area contributed by atoms with Gasteiger partial charge in [-0.1, -0.05) is 39.0 Å². The zero-order valence-corrected chi connectivity index (χ0v) is 12.0. The van der Waals surface area contributed by atoms with E-state index in [2.05, 4.69) is 6.92 Å². The molecule has 1 atom stereocenters. The number of furan rings is 1. The summed E-state index contributed by atoms with van der Waals surface area (Å²) in [5.41, 5.74) is 0. The second-order valence-electron chi connectivity index (χ2n) is 5.88. The van der Waals surface area contributed by atoms with Crippen LogP contribution in [0.25, 0.3) is 0 Å². The van der Waals surface area contributed by atoms with Crippen molar-refractivity contribution in [2.24, 2.45) is 11.8 Å². The molecule has 0 saturated heterocycles. The van der Waals surface area contributed by atoms with Gasteiger partial charge in [-0.25, -0.2) is 4.79 Å². The third kappa shape index (κ3) is 3.63. The van der Waals surface area contributed by atoms with Crippen molar-refractivity contribution in [3.63, 3.8) is 0 Å². The van der Waals surface area contributed by atoms with Gasteiger partial charge in [-0.2, -0.15) is 0 Å². The summed E-state index contributed by atoms with van der Waals surface area (Å²) in [6.45, 7) is 2.21. The van der Waals surface area contributed by atoms with Crippen LogP contribution in [0.4, 0.5) is 0 Å². The maximum atomic E-state index is 10.8. The first-order chi connectivity index (χ1) is 9.61. The van der Waals surface area contributed by atoms with Crippen molar-refractivity contribution in [2.75, 3.05) is 0 Å². The highest BCUT2D eigenvalue weighted by molar-refractivity contribution is 5.84. The number of aliphatic hydroxyl groups is 1. The first-order valence-corrected chi connectivity index (χ1v) is 7.63. The molecule has 0 radical (unpaired) electrons. The lowest BCUT2D eigenvalue weighted by atomic mass is 9.77. The maximum Gasteiger partial charge on any atom is 0.371 e. The molecule has 1 unspecified atom stereocenters. The fourth-order valence-electron chi connectivity index (χ4n) is 3.14. The predicted octanol–water partition coefficient (Wildman–Crippen LogP) is 4.01. The van der Waals surface area contributed by atoms with Crippen molar-refractivity contribution >= 4 is 5.97 Å². The molecule has 1 fully saturated rings. The molecule has 4 heteroatoms. The van der Waals surface area contributed by atoms with E-state index in [9.17, 15) is 9.90 Å².